The van der Waals surface area contributed by atoms with E-state index in [1.807, 2.05) is 29.2 Å². The van der Waals surface area contributed by atoms with Gasteiger partial charge in [0.1, 0.15) is 0 Å². The number of benzene rings is 1. The first-order valence-corrected chi connectivity index (χ1v) is 13.2. The highest BCUT2D eigenvalue weighted by molar-refractivity contribution is 6.09. The normalized spacial score (nSPS) is 20.4. The molecule has 0 aromatic heterocycles. The second-order valence-electron chi connectivity index (χ2n) is 10.0. The standard InChI is InChI=1S/C31H38N4O2/c1-23(24-9-5-3-6-10-24)34-30(37)31(28-11-7-4-8-12-28)17-19-35(20-18-31)29(36)26-15-13-25(14-16-26)27(21-32)22-33-2/h3-5,7,9,11,13-16,21-23H,6,8,10,12,17-20,32H2,1-2H3,(H,34,37)/t23-/m0/s1. The average Bonchev–Trinajstić information content (AvgIpc) is 2.96. The van der Waals surface area contributed by atoms with Gasteiger partial charge < -0.3 is 16.0 Å². The van der Waals surface area contributed by atoms with Gasteiger partial charge in [0.2, 0.25) is 5.91 Å². The molecule has 6 heteroatoms. The molecule has 4 rings (SSSR count). The third-order valence-electron chi connectivity index (χ3n) is 7.83. The van der Waals surface area contributed by atoms with Gasteiger partial charge >= 0.3 is 0 Å². The summed E-state index contributed by atoms with van der Waals surface area (Å²) in [6.07, 6.45) is 21.0. The van der Waals surface area contributed by atoms with E-state index in [0.717, 1.165) is 36.8 Å². The lowest BCUT2D eigenvalue weighted by molar-refractivity contribution is -0.131. The van der Waals surface area contributed by atoms with Crippen LogP contribution in [0, 0.1) is 5.41 Å². The van der Waals surface area contributed by atoms with Crippen molar-refractivity contribution in [3.8, 4) is 0 Å². The summed E-state index contributed by atoms with van der Waals surface area (Å²) in [5.41, 5.74) is 9.94. The maximum Gasteiger partial charge on any atom is 0.253 e. The molecule has 1 saturated heterocycles. The maximum absolute atomic E-state index is 13.9. The molecule has 3 aliphatic rings. The summed E-state index contributed by atoms with van der Waals surface area (Å²) in [6.45, 7) is 3.17. The first-order chi connectivity index (χ1) is 18.0. The Hall–Kier alpha value is -3.67. The zero-order chi connectivity index (χ0) is 26.3. The molecule has 37 heavy (non-hydrogen) atoms. The minimum atomic E-state index is -0.578. The van der Waals surface area contributed by atoms with Crippen molar-refractivity contribution in [2.75, 3.05) is 20.1 Å². The van der Waals surface area contributed by atoms with Crippen LogP contribution >= 0.6 is 0 Å². The molecule has 1 aromatic carbocycles. The number of amides is 2. The highest BCUT2D eigenvalue weighted by atomic mass is 16.2. The Labute approximate surface area is 220 Å². The molecule has 2 aliphatic carbocycles. The topological polar surface area (TPSA) is 87.8 Å². The van der Waals surface area contributed by atoms with Crippen LogP contribution in [-0.2, 0) is 4.79 Å². The summed E-state index contributed by atoms with van der Waals surface area (Å²) >= 11 is 0. The minimum absolute atomic E-state index is 0.00236. The SMILES string of the molecule is CN=CC(=CN)c1ccc(C(=O)N2CCC(C(=O)N[C@@H](C)C3=CC=CCC3)(C3=CC=CCC3)CC2)cc1. The van der Waals surface area contributed by atoms with Crippen LogP contribution in [0.15, 0.2) is 83.1 Å². The predicted octanol–water partition coefficient (Wildman–Crippen LogP) is 4.97. The first kappa shape index (κ1) is 26.4. The van der Waals surface area contributed by atoms with Crippen molar-refractivity contribution in [2.45, 2.75) is 51.5 Å². The Morgan fingerprint density at radius 2 is 1.68 bits per heavy atom. The molecular weight excluding hydrogens is 460 g/mol. The summed E-state index contributed by atoms with van der Waals surface area (Å²) in [5, 5.41) is 3.33. The Kier molecular flexibility index (Phi) is 8.59. The van der Waals surface area contributed by atoms with Crippen LogP contribution in [0.5, 0.6) is 0 Å². The molecule has 0 saturated carbocycles. The highest BCUT2D eigenvalue weighted by Gasteiger charge is 2.45. The van der Waals surface area contributed by atoms with E-state index < -0.39 is 5.41 Å². The van der Waals surface area contributed by atoms with E-state index in [9.17, 15) is 9.59 Å². The lowest BCUT2D eigenvalue weighted by Gasteiger charge is -2.43. The molecular formula is C31H38N4O2. The van der Waals surface area contributed by atoms with E-state index in [1.54, 1.807) is 13.3 Å². The monoisotopic (exact) mass is 498 g/mol. The van der Waals surface area contributed by atoms with Gasteiger partial charge in [-0.05, 0) is 68.7 Å². The fraction of sp³-hybridized carbons (Fsp3) is 0.387. The van der Waals surface area contributed by atoms with Crippen LogP contribution in [0.3, 0.4) is 0 Å². The number of piperidine rings is 1. The van der Waals surface area contributed by atoms with Gasteiger partial charge in [0.25, 0.3) is 5.91 Å². The van der Waals surface area contributed by atoms with Gasteiger partial charge in [0.15, 0.2) is 0 Å². The molecule has 0 radical (unpaired) electrons. The number of nitrogens with zero attached hydrogens (tertiary/aromatic N) is 2. The number of rotatable bonds is 7. The molecule has 3 N–H and O–H groups in total. The quantitative estimate of drug-likeness (QED) is 0.521. The predicted molar refractivity (Wildman–Crippen MR) is 151 cm³/mol. The lowest BCUT2D eigenvalue weighted by atomic mass is 9.69. The van der Waals surface area contributed by atoms with Gasteiger partial charge in [-0.3, -0.25) is 14.6 Å². The minimum Gasteiger partial charge on any atom is -0.404 e. The first-order valence-electron chi connectivity index (χ1n) is 13.2. The molecule has 1 heterocycles. The summed E-state index contributed by atoms with van der Waals surface area (Å²) in [4.78, 5) is 33.1. The average molecular weight is 499 g/mol. The third-order valence-corrected chi connectivity index (χ3v) is 7.83. The number of nitrogens with one attached hydrogen (secondary N) is 1. The molecule has 0 bridgehead atoms. The molecule has 1 aliphatic heterocycles. The smallest absolute Gasteiger partial charge is 0.253 e. The second kappa shape index (κ2) is 12.0. The largest absolute Gasteiger partial charge is 0.404 e. The van der Waals surface area contributed by atoms with Crippen LogP contribution in [0.25, 0.3) is 5.57 Å². The molecule has 1 fully saturated rings. The molecule has 2 amide bonds. The molecule has 0 spiro atoms. The van der Waals surface area contributed by atoms with E-state index in [4.69, 9.17) is 5.73 Å². The van der Waals surface area contributed by atoms with Gasteiger partial charge in [0.05, 0.1) is 5.41 Å². The number of carbonyl (C=O) groups is 2. The van der Waals surface area contributed by atoms with E-state index in [0.29, 0.717) is 31.5 Å². The Morgan fingerprint density at radius 1 is 1.03 bits per heavy atom. The van der Waals surface area contributed by atoms with Crippen LogP contribution in [-0.4, -0.2) is 49.1 Å². The van der Waals surface area contributed by atoms with Crippen molar-refractivity contribution >= 4 is 23.6 Å². The molecule has 6 nitrogen and oxygen atoms in total. The van der Waals surface area contributed by atoms with Crippen LogP contribution in [0.4, 0.5) is 0 Å². The van der Waals surface area contributed by atoms with Crippen molar-refractivity contribution in [2.24, 2.45) is 16.1 Å². The Morgan fingerprint density at radius 3 is 2.24 bits per heavy atom. The number of aliphatic imine (C=N–C) groups is 1. The third kappa shape index (κ3) is 5.85. The zero-order valence-electron chi connectivity index (χ0n) is 22.0. The van der Waals surface area contributed by atoms with Gasteiger partial charge in [-0.25, -0.2) is 0 Å². The van der Waals surface area contributed by atoms with Gasteiger partial charge in [-0.2, -0.15) is 0 Å². The van der Waals surface area contributed by atoms with Crippen LogP contribution < -0.4 is 11.1 Å². The van der Waals surface area contributed by atoms with Gasteiger partial charge in [-0.1, -0.05) is 54.2 Å². The molecule has 1 atom stereocenters. The highest BCUT2D eigenvalue weighted by Crippen LogP contribution is 2.43. The Balaban J connectivity index is 1.48. The van der Waals surface area contributed by atoms with E-state index in [-0.39, 0.29) is 17.9 Å². The number of nitrogens with two attached hydrogens (primary N) is 1. The number of allylic oxidation sites excluding steroid dienone is 7. The van der Waals surface area contributed by atoms with Crippen LogP contribution in [0.2, 0.25) is 0 Å². The van der Waals surface area contributed by atoms with E-state index in [1.165, 1.54) is 17.3 Å². The van der Waals surface area contributed by atoms with E-state index >= 15 is 0 Å². The number of carbonyl (C=O) groups excluding carboxylic acids is 2. The van der Waals surface area contributed by atoms with Crippen molar-refractivity contribution in [3.63, 3.8) is 0 Å². The van der Waals surface area contributed by atoms with Crippen molar-refractivity contribution in [1.29, 1.82) is 0 Å². The molecule has 0 unspecified atom stereocenters. The zero-order valence-corrected chi connectivity index (χ0v) is 22.0. The fourth-order valence-corrected chi connectivity index (χ4v) is 5.54. The van der Waals surface area contributed by atoms with Gasteiger partial charge in [0, 0.05) is 49.7 Å². The van der Waals surface area contributed by atoms with Gasteiger partial charge in [-0.15, -0.1) is 0 Å². The molecule has 1 aromatic rings. The summed E-state index contributed by atoms with van der Waals surface area (Å²) in [6, 6.07) is 7.46. The molecule has 194 valence electrons. The number of hydrogen-bond acceptors (Lipinski definition) is 4. The van der Waals surface area contributed by atoms with Crippen molar-refractivity contribution in [3.05, 3.63) is 89.2 Å². The van der Waals surface area contributed by atoms with Crippen molar-refractivity contribution < 1.29 is 9.59 Å². The second-order valence-corrected chi connectivity index (χ2v) is 10.0. The van der Waals surface area contributed by atoms with E-state index in [2.05, 4.69) is 53.7 Å². The Bertz CT molecular complexity index is 1180. The number of likely N-dealkylation sites (tertiary alicyclic amines) is 1. The van der Waals surface area contributed by atoms with Crippen molar-refractivity contribution in [1.82, 2.24) is 10.2 Å². The van der Waals surface area contributed by atoms with Crippen LogP contribution in [0.1, 0.15) is 61.4 Å². The fourth-order valence-electron chi connectivity index (χ4n) is 5.54. The summed E-state index contributed by atoms with van der Waals surface area (Å²) in [5.74, 6) is 0.0835. The number of hydrogen-bond donors (Lipinski definition) is 2. The summed E-state index contributed by atoms with van der Waals surface area (Å²) in [7, 11) is 1.70. The lowest BCUT2D eigenvalue weighted by Crippen LogP contribution is -2.53. The summed E-state index contributed by atoms with van der Waals surface area (Å²) < 4.78 is 0. The maximum atomic E-state index is 13.9.